The van der Waals surface area contributed by atoms with E-state index >= 15 is 0 Å². The number of ether oxygens (including phenoxy) is 1. The Morgan fingerprint density at radius 2 is 2.05 bits per heavy atom. The van der Waals surface area contributed by atoms with Gasteiger partial charge in [0.15, 0.2) is 0 Å². The van der Waals surface area contributed by atoms with Gasteiger partial charge in [0.25, 0.3) is 0 Å². The summed E-state index contributed by atoms with van der Waals surface area (Å²) in [5.41, 5.74) is 7.42. The van der Waals surface area contributed by atoms with E-state index in [1.54, 1.807) is 0 Å². The van der Waals surface area contributed by atoms with Gasteiger partial charge in [-0.2, -0.15) is 0 Å². The quantitative estimate of drug-likeness (QED) is 0.901. The van der Waals surface area contributed by atoms with Crippen LogP contribution >= 0.6 is 0 Å². The zero-order valence-electron chi connectivity index (χ0n) is 12.4. The third-order valence-electron chi connectivity index (χ3n) is 4.11. The van der Waals surface area contributed by atoms with Crippen molar-refractivity contribution in [1.82, 2.24) is 4.90 Å². The number of nitrogens with zero attached hydrogens (tertiary/aromatic N) is 1. The molecular formula is C16H25FN2O. The Kier molecular flexibility index (Phi) is 5.52. The van der Waals surface area contributed by atoms with Gasteiger partial charge in [-0.1, -0.05) is 26.0 Å². The highest BCUT2D eigenvalue weighted by atomic mass is 19.1. The first-order chi connectivity index (χ1) is 9.65. The van der Waals surface area contributed by atoms with E-state index in [9.17, 15) is 4.39 Å². The zero-order chi connectivity index (χ0) is 14.5. The average Bonchev–Trinajstić information content (AvgIpc) is 2.49. The molecule has 3 unspecified atom stereocenters. The number of morpholine rings is 1. The monoisotopic (exact) mass is 280 g/mol. The Balaban J connectivity index is 2.20. The fraction of sp³-hybridized carbons (Fsp3) is 0.625. The van der Waals surface area contributed by atoms with Crippen LogP contribution in [0, 0.1) is 5.82 Å². The summed E-state index contributed by atoms with van der Waals surface area (Å²) in [6.07, 6.45) is 2.18. The molecule has 1 saturated heterocycles. The van der Waals surface area contributed by atoms with Gasteiger partial charge in [0.05, 0.1) is 18.8 Å². The Morgan fingerprint density at radius 3 is 2.65 bits per heavy atom. The molecule has 4 heteroatoms. The molecule has 1 aliphatic rings. The number of halogens is 1. The third-order valence-corrected chi connectivity index (χ3v) is 4.11. The molecule has 1 heterocycles. The molecule has 0 aliphatic carbocycles. The van der Waals surface area contributed by atoms with Gasteiger partial charge in [-0.15, -0.1) is 0 Å². The summed E-state index contributed by atoms with van der Waals surface area (Å²) < 4.78 is 18.9. The highest BCUT2D eigenvalue weighted by Gasteiger charge is 2.30. The van der Waals surface area contributed by atoms with E-state index in [-0.39, 0.29) is 24.0 Å². The molecule has 0 saturated carbocycles. The first-order valence-electron chi connectivity index (χ1n) is 7.52. The molecule has 3 atom stereocenters. The smallest absolute Gasteiger partial charge is 0.123 e. The van der Waals surface area contributed by atoms with Crippen LogP contribution in [0.25, 0.3) is 0 Å². The normalized spacial score (nSPS) is 23.5. The van der Waals surface area contributed by atoms with Crippen LogP contribution in [0.3, 0.4) is 0 Å². The van der Waals surface area contributed by atoms with E-state index in [1.807, 2.05) is 12.1 Å². The summed E-state index contributed by atoms with van der Waals surface area (Å²) in [5.74, 6) is -0.203. The lowest BCUT2D eigenvalue weighted by molar-refractivity contribution is -0.0486. The molecule has 0 spiro atoms. The zero-order valence-corrected chi connectivity index (χ0v) is 12.4. The Morgan fingerprint density at radius 1 is 1.35 bits per heavy atom. The molecule has 0 aromatic heterocycles. The number of nitrogens with two attached hydrogens (primary N) is 1. The van der Waals surface area contributed by atoms with Crippen molar-refractivity contribution in [2.75, 3.05) is 19.7 Å². The van der Waals surface area contributed by atoms with Crippen molar-refractivity contribution in [2.24, 2.45) is 5.73 Å². The molecule has 1 fully saturated rings. The maximum atomic E-state index is 13.1. The molecular weight excluding hydrogens is 255 g/mol. The van der Waals surface area contributed by atoms with Gasteiger partial charge >= 0.3 is 0 Å². The number of hydrogen-bond acceptors (Lipinski definition) is 3. The minimum atomic E-state index is -0.203. The number of rotatable bonds is 5. The van der Waals surface area contributed by atoms with Crippen LogP contribution in [-0.2, 0) is 4.74 Å². The predicted octanol–water partition coefficient (Wildman–Crippen LogP) is 2.71. The van der Waals surface area contributed by atoms with Gasteiger partial charge in [0.2, 0.25) is 0 Å². The molecule has 1 aliphatic heterocycles. The second kappa shape index (κ2) is 7.16. The summed E-state index contributed by atoms with van der Waals surface area (Å²) in [5, 5.41) is 0. The van der Waals surface area contributed by atoms with Gasteiger partial charge in [-0.05, 0) is 30.5 Å². The molecule has 2 N–H and O–H groups in total. The minimum Gasteiger partial charge on any atom is -0.376 e. The molecule has 0 bridgehead atoms. The number of hydrogen-bond donors (Lipinski definition) is 1. The number of benzene rings is 1. The third kappa shape index (κ3) is 3.57. The van der Waals surface area contributed by atoms with Gasteiger partial charge in [0.1, 0.15) is 5.82 Å². The fourth-order valence-electron chi connectivity index (χ4n) is 2.85. The van der Waals surface area contributed by atoms with E-state index in [0.29, 0.717) is 0 Å². The van der Waals surface area contributed by atoms with Crippen molar-refractivity contribution in [3.63, 3.8) is 0 Å². The lowest BCUT2D eigenvalue weighted by Crippen LogP contribution is -2.49. The largest absolute Gasteiger partial charge is 0.376 e. The van der Waals surface area contributed by atoms with Crippen molar-refractivity contribution in [3.8, 4) is 0 Å². The van der Waals surface area contributed by atoms with E-state index < -0.39 is 0 Å². The first kappa shape index (κ1) is 15.4. The Labute approximate surface area is 120 Å². The molecule has 0 amide bonds. The van der Waals surface area contributed by atoms with E-state index in [1.165, 1.54) is 12.1 Å². The maximum Gasteiger partial charge on any atom is 0.123 e. The van der Waals surface area contributed by atoms with Crippen molar-refractivity contribution < 1.29 is 9.13 Å². The van der Waals surface area contributed by atoms with Crippen LogP contribution < -0.4 is 5.73 Å². The molecule has 1 aromatic rings. The van der Waals surface area contributed by atoms with Crippen LogP contribution in [-0.4, -0.2) is 36.7 Å². The highest BCUT2D eigenvalue weighted by molar-refractivity contribution is 5.22. The van der Waals surface area contributed by atoms with E-state index in [0.717, 1.165) is 38.1 Å². The second-order valence-corrected chi connectivity index (χ2v) is 5.46. The van der Waals surface area contributed by atoms with Crippen LogP contribution in [0.5, 0.6) is 0 Å². The lowest BCUT2D eigenvalue weighted by atomic mass is 9.95. The Bertz CT molecular complexity index is 409. The average molecular weight is 280 g/mol. The Hall–Kier alpha value is -0.970. The van der Waals surface area contributed by atoms with Crippen LogP contribution in [0.15, 0.2) is 24.3 Å². The summed E-state index contributed by atoms with van der Waals surface area (Å²) in [6.45, 7) is 6.75. The summed E-state index contributed by atoms with van der Waals surface area (Å²) in [6, 6.07) is 6.93. The summed E-state index contributed by atoms with van der Waals surface area (Å²) >= 11 is 0. The molecule has 3 nitrogen and oxygen atoms in total. The van der Waals surface area contributed by atoms with Crippen LogP contribution in [0.4, 0.5) is 4.39 Å². The minimum absolute atomic E-state index is 0.0519. The van der Waals surface area contributed by atoms with Gasteiger partial charge in [0, 0.05) is 19.1 Å². The van der Waals surface area contributed by atoms with E-state index in [4.69, 9.17) is 10.5 Å². The SMILES string of the molecule is CCC1CN(C(c2ccc(F)cc2)C(N)CC)CCO1. The maximum absolute atomic E-state index is 13.1. The van der Waals surface area contributed by atoms with Gasteiger partial charge < -0.3 is 10.5 Å². The van der Waals surface area contributed by atoms with Crippen molar-refractivity contribution in [3.05, 3.63) is 35.6 Å². The van der Waals surface area contributed by atoms with Crippen molar-refractivity contribution in [1.29, 1.82) is 0 Å². The van der Waals surface area contributed by atoms with Gasteiger partial charge in [-0.3, -0.25) is 4.90 Å². The molecule has 112 valence electrons. The first-order valence-corrected chi connectivity index (χ1v) is 7.52. The molecule has 1 aromatic carbocycles. The second-order valence-electron chi connectivity index (χ2n) is 5.46. The molecule has 20 heavy (non-hydrogen) atoms. The molecule has 2 rings (SSSR count). The van der Waals surface area contributed by atoms with Crippen LogP contribution in [0.1, 0.15) is 38.3 Å². The van der Waals surface area contributed by atoms with Crippen molar-refractivity contribution >= 4 is 0 Å². The van der Waals surface area contributed by atoms with Crippen LogP contribution in [0.2, 0.25) is 0 Å². The summed E-state index contributed by atoms with van der Waals surface area (Å²) in [7, 11) is 0. The van der Waals surface area contributed by atoms with Crippen molar-refractivity contribution in [2.45, 2.75) is 44.9 Å². The van der Waals surface area contributed by atoms with E-state index in [2.05, 4.69) is 18.7 Å². The summed E-state index contributed by atoms with van der Waals surface area (Å²) in [4.78, 5) is 2.39. The standard InChI is InChI=1S/C16H25FN2O/c1-3-14-11-19(9-10-20-14)16(15(18)4-2)12-5-7-13(17)8-6-12/h5-8,14-16H,3-4,9-11,18H2,1-2H3. The topological polar surface area (TPSA) is 38.5 Å². The highest BCUT2D eigenvalue weighted by Crippen LogP contribution is 2.27. The molecule has 0 radical (unpaired) electrons. The predicted molar refractivity (Wildman–Crippen MR) is 79.0 cm³/mol. The lowest BCUT2D eigenvalue weighted by Gasteiger charge is -2.40. The van der Waals surface area contributed by atoms with Gasteiger partial charge in [-0.25, -0.2) is 4.39 Å². The fourth-order valence-corrected chi connectivity index (χ4v) is 2.85.